The molecule has 1 rings (SSSR count). The molecule has 0 bridgehead atoms. The van der Waals surface area contributed by atoms with E-state index in [2.05, 4.69) is 24.8 Å². The SMILES string of the molecule is SCC1C=CCCC1. The van der Waals surface area contributed by atoms with E-state index < -0.39 is 0 Å². The van der Waals surface area contributed by atoms with Crippen LogP contribution in [0.2, 0.25) is 0 Å². The molecule has 0 N–H and O–H groups in total. The van der Waals surface area contributed by atoms with Gasteiger partial charge in [0, 0.05) is 0 Å². The molecule has 8 heavy (non-hydrogen) atoms. The molecule has 0 nitrogen and oxygen atoms in total. The van der Waals surface area contributed by atoms with Crippen molar-refractivity contribution in [3.8, 4) is 0 Å². The van der Waals surface area contributed by atoms with Gasteiger partial charge in [-0.05, 0) is 30.9 Å². The summed E-state index contributed by atoms with van der Waals surface area (Å²) in [5, 5.41) is 0. The maximum atomic E-state index is 4.21. The summed E-state index contributed by atoms with van der Waals surface area (Å²) < 4.78 is 0. The quantitative estimate of drug-likeness (QED) is 0.406. The summed E-state index contributed by atoms with van der Waals surface area (Å²) in [5.41, 5.74) is 0. The van der Waals surface area contributed by atoms with Gasteiger partial charge in [-0.3, -0.25) is 0 Å². The highest BCUT2D eigenvalue weighted by atomic mass is 32.1. The molecule has 0 aromatic carbocycles. The normalized spacial score (nSPS) is 28.4. The summed E-state index contributed by atoms with van der Waals surface area (Å²) in [6, 6.07) is 0. The van der Waals surface area contributed by atoms with E-state index >= 15 is 0 Å². The summed E-state index contributed by atoms with van der Waals surface area (Å²) in [7, 11) is 0. The first-order valence-corrected chi connectivity index (χ1v) is 3.84. The first kappa shape index (κ1) is 6.21. The van der Waals surface area contributed by atoms with Crippen LogP contribution in [0.15, 0.2) is 12.2 Å². The Bertz CT molecular complexity index is 86.4. The van der Waals surface area contributed by atoms with Gasteiger partial charge < -0.3 is 0 Å². The van der Waals surface area contributed by atoms with Crippen LogP contribution in [0.5, 0.6) is 0 Å². The van der Waals surface area contributed by atoms with Crippen molar-refractivity contribution in [1.82, 2.24) is 0 Å². The van der Waals surface area contributed by atoms with Gasteiger partial charge in [-0.25, -0.2) is 0 Å². The van der Waals surface area contributed by atoms with Gasteiger partial charge in [-0.15, -0.1) is 0 Å². The van der Waals surface area contributed by atoms with Gasteiger partial charge in [0.1, 0.15) is 0 Å². The van der Waals surface area contributed by atoms with Crippen LogP contribution < -0.4 is 0 Å². The number of thiol groups is 1. The van der Waals surface area contributed by atoms with Gasteiger partial charge in [0.2, 0.25) is 0 Å². The average molecular weight is 128 g/mol. The standard InChI is InChI=1S/C7H12S/c8-6-7-4-2-1-3-5-7/h2,4,7-8H,1,3,5-6H2. The molecule has 1 aliphatic carbocycles. The van der Waals surface area contributed by atoms with E-state index in [1.54, 1.807) is 0 Å². The Labute approximate surface area is 56.4 Å². The Morgan fingerprint density at radius 1 is 1.62 bits per heavy atom. The first-order chi connectivity index (χ1) is 3.93. The highest BCUT2D eigenvalue weighted by molar-refractivity contribution is 7.80. The van der Waals surface area contributed by atoms with Crippen LogP contribution in [0.1, 0.15) is 19.3 Å². The van der Waals surface area contributed by atoms with Crippen LogP contribution >= 0.6 is 12.6 Å². The second kappa shape index (κ2) is 3.18. The molecule has 0 aromatic rings. The van der Waals surface area contributed by atoms with E-state index in [0.29, 0.717) is 0 Å². The molecular formula is C7H12S. The maximum absolute atomic E-state index is 4.21. The maximum Gasteiger partial charge on any atom is -0.00348 e. The van der Waals surface area contributed by atoms with Crippen LogP contribution in [0, 0.1) is 5.92 Å². The molecule has 0 saturated heterocycles. The topological polar surface area (TPSA) is 0 Å². The summed E-state index contributed by atoms with van der Waals surface area (Å²) in [5.74, 6) is 1.79. The fourth-order valence-electron chi connectivity index (χ4n) is 1.03. The lowest BCUT2D eigenvalue weighted by molar-refractivity contribution is 0.593. The molecule has 1 atom stereocenters. The molecule has 0 aliphatic heterocycles. The monoisotopic (exact) mass is 128 g/mol. The summed E-state index contributed by atoms with van der Waals surface area (Å²) >= 11 is 4.21. The van der Waals surface area contributed by atoms with Crippen LogP contribution in [-0.4, -0.2) is 5.75 Å². The van der Waals surface area contributed by atoms with Gasteiger partial charge in [-0.2, -0.15) is 12.6 Å². The lowest BCUT2D eigenvalue weighted by atomic mass is 9.98. The van der Waals surface area contributed by atoms with Gasteiger partial charge in [0.05, 0.1) is 0 Å². The zero-order valence-electron chi connectivity index (χ0n) is 5.01. The zero-order valence-corrected chi connectivity index (χ0v) is 5.90. The smallest absolute Gasteiger partial charge is 0.00348 e. The minimum absolute atomic E-state index is 0.770. The Balaban J connectivity index is 2.32. The third-order valence-electron chi connectivity index (χ3n) is 1.59. The van der Waals surface area contributed by atoms with Crippen molar-refractivity contribution in [2.45, 2.75) is 19.3 Å². The molecule has 0 radical (unpaired) electrons. The minimum atomic E-state index is 0.770. The molecule has 1 heteroatoms. The zero-order chi connectivity index (χ0) is 5.82. The largest absolute Gasteiger partial charge is 0.179 e. The molecule has 0 spiro atoms. The molecule has 1 unspecified atom stereocenters. The molecule has 0 amide bonds. The molecule has 0 fully saturated rings. The molecule has 0 aromatic heterocycles. The Morgan fingerprint density at radius 2 is 2.50 bits per heavy atom. The lowest BCUT2D eigenvalue weighted by Crippen LogP contribution is -2.00. The predicted octanol–water partition coefficient (Wildman–Crippen LogP) is 2.27. The third kappa shape index (κ3) is 1.55. The third-order valence-corrected chi connectivity index (χ3v) is 2.06. The van der Waals surface area contributed by atoms with Crippen molar-refractivity contribution >= 4 is 12.6 Å². The van der Waals surface area contributed by atoms with Crippen molar-refractivity contribution in [3.63, 3.8) is 0 Å². The van der Waals surface area contributed by atoms with Crippen LogP contribution in [0.4, 0.5) is 0 Å². The fourth-order valence-corrected chi connectivity index (χ4v) is 1.34. The van der Waals surface area contributed by atoms with Crippen molar-refractivity contribution in [2.75, 3.05) is 5.75 Å². The van der Waals surface area contributed by atoms with E-state index in [9.17, 15) is 0 Å². The molecular weight excluding hydrogens is 116 g/mol. The molecule has 1 aliphatic rings. The van der Waals surface area contributed by atoms with Crippen LogP contribution in [0.25, 0.3) is 0 Å². The van der Waals surface area contributed by atoms with Gasteiger partial charge in [0.15, 0.2) is 0 Å². The first-order valence-electron chi connectivity index (χ1n) is 3.21. The van der Waals surface area contributed by atoms with Crippen LogP contribution in [-0.2, 0) is 0 Å². The van der Waals surface area contributed by atoms with Crippen molar-refractivity contribution in [3.05, 3.63) is 12.2 Å². The van der Waals surface area contributed by atoms with E-state index in [-0.39, 0.29) is 0 Å². The van der Waals surface area contributed by atoms with Crippen molar-refractivity contribution in [2.24, 2.45) is 5.92 Å². The van der Waals surface area contributed by atoms with E-state index in [0.717, 1.165) is 11.7 Å². The molecule has 0 saturated carbocycles. The van der Waals surface area contributed by atoms with Gasteiger partial charge in [-0.1, -0.05) is 12.2 Å². The number of allylic oxidation sites excluding steroid dienone is 2. The Morgan fingerprint density at radius 3 is 2.88 bits per heavy atom. The second-order valence-corrected chi connectivity index (χ2v) is 2.67. The van der Waals surface area contributed by atoms with Gasteiger partial charge in [0.25, 0.3) is 0 Å². The Hall–Kier alpha value is 0.0900. The number of hydrogen-bond acceptors (Lipinski definition) is 1. The van der Waals surface area contributed by atoms with E-state index in [1.165, 1.54) is 19.3 Å². The number of rotatable bonds is 1. The van der Waals surface area contributed by atoms with Crippen molar-refractivity contribution in [1.29, 1.82) is 0 Å². The predicted molar refractivity (Wildman–Crippen MR) is 40.3 cm³/mol. The summed E-state index contributed by atoms with van der Waals surface area (Å²) in [4.78, 5) is 0. The highest BCUT2D eigenvalue weighted by Crippen LogP contribution is 2.17. The second-order valence-electron chi connectivity index (χ2n) is 2.30. The number of hydrogen-bond donors (Lipinski definition) is 1. The lowest BCUT2D eigenvalue weighted by Gasteiger charge is -2.11. The summed E-state index contributed by atoms with van der Waals surface area (Å²) in [6.45, 7) is 0. The van der Waals surface area contributed by atoms with E-state index in [4.69, 9.17) is 0 Å². The average Bonchev–Trinajstić information content (AvgIpc) is 1.90. The van der Waals surface area contributed by atoms with Crippen molar-refractivity contribution < 1.29 is 0 Å². The molecule has 0 heterocycles. The van der Waals surface area contributed by atoms with E-state index in [1.807, 2.05) is 0 Å². The fraction of sp³-hybridized carbons (Fsp3) is 0.714. The van der Waals surface area contributed by atoms with Gasteiger partial charge >= 0.3 is 0 Å². The molecule has 46 valence electrons. The highest BCUT2D eigenvalue weighted by Gasteiger charge is 2.03. The van der Waals surface area contributed by atoms with Crippen LogP contribution in [0.3, 0.4) is 0 Å². The summed E-state index contributed by atoms with van der Waals surface area (Å²) in [6.07, 6.45) is 8.55. The Kier molecular flexibility index (Phi) is 2.47. The minimum Gasteiger partial charge on any atom is -0.179 e.